The summed E-state index contributed by atoms with van der Waals surface area (Å²) in [6, 6.07) is 11.8. The fraction of sp³-hybridized carbons (Fsp3) is 0.261. The molecule has 2 aromatic carbocycles. The number of hydrogen-bond acceptors (Lipinski definition) is 6. The Morgan fingerprint density at radius 3 is 2.61 bits per heavy atom. The molecule has 0 radical (unpaired) electrons. The number of carbonyl (C=O) groups is 3. The smallest absolute Gasteiger partial charge is 0.282 e. The Morgan fingerprint density at radius 2 is 1.91 bits per heavy atom. The molecule has 33 heavy (non-hydrogen) atoms. The molecule has 3 amide bonds. The maximum absolute atomic E-state index is 12.9. The molecule has 172 valence electrons. The van der Waals surface area contributed by atoms with Gasteiger partial charge in [0.1, 0.15) is 5.57 Å². The molecule has 0 bridgehead atoms. The zero-order chi connectivity index (χ0) is 23.4. The average molecular weight is 472 g/mol. The van der Waals surface area contributed by atoms with Crippen LogP contribution in [0.2, 0.25) is 5.02 Å². The number of hydrazine groups is 1. The number of para-hydroxylation sites is 1. The van der Waals surface area contributed by atoms with Crippen LogP contribution in [0.15, 0.2) is 48.0 Å². The van der Waals surface area contributed by atoms with E-state index in [1.165, 1.54) is 30.3 Å². The highest BCUT2D eigenvalue weighted by molar-refractivity contribution is 6.32. The lowest BCUT2D eigenvalue weighted by molar-refractivity contribution is -0.137. The van der Waals surface area contributed by atoms with Crippen LogP contribution in [0, 0.1) is 0 Å². The molecule has 4 rings (SSSR count). The van der Waals surface area contributed by atoms with E-state index >= 15 is 0 Å². The lowest BCUT2D eigenvalue weighted by Crippen LogP contribution is -2.43. The van der Waals surface area contributed by atoms with Crippen molar-refractivity contribution in [2.75, 3.05) is 45.0 Å². The Morgan fingerprint density at radius 1 is 1.18 bits per heavy atom. The molecular formula is C23H22ClN3O6. The van der Waals surface area contributed by atoms with Crippen LogP contribution in [0.5, 0.6) is 11.5 Å². The van der Waals surface area contributed by atoms with E-state index in [1.807, 2.05) is 6.07 Å². The monoisotopic (exact) mass is 471 g/mol. The minimum absolute atomic E-state index is 0.104. The van der Waals surface area contributed by atoms with Gasteiger partial charge in [0.25, 0.3) is 17.7 Å². The van der Waals surface area contributed by atoms with E-state index in [2.05, 4.69) is 5.43 Å². The highest BCUT2D eigenvalue weighted by atomic mass is 35.5. The quantitative estimate of drug-likeness (QED) is 0.511. The summed E-state index contributed by atoms with van der Waals surface area (Å²) >= 11 is 6.22. The first-order chi connectivity index (χ1) is 16.0. The summed E-state index contributed by atoms with van der Waals surface area (Å²) in [7, 11) is 1.43. The number of anilines is 1. The maximum Gasteiger partial charge on any atom is 0.282 e. The highest BCUT2D eigenvalue weighted by Gasteiger charge is 2.35. The number of methoxy groups -OCH3 is 1. The van der Waals surface area contributed by atoms with Crippen molar-refractivity contribution in [3.8, 4) is 11.5 Å². The van der Waals surface area contributed by atoms with E-state index in [9.17, 15) is 14.4 Å². The number of nitrogens with zero attached hydrogens (tertiary/aromatic N) is 2. The van der Waals surface area contributed by atoms with Gasteiger partial charge in [-0.2, -0.15) is 0 Å². The van der Waals surface area contributed by atoms with Crippen LogP contribution in [0.25, 0.3) is 6.08 Å². The van der Waals surface area contributed by atoms with Gasteiger partial charge in [-0.1, -0.05) is 29.8 Å². The number of ether oxygens (including phenoxy) is 3. The Bertz CT molecular complexity index is 1100. The third-order valence-electron chi connectivity index (χ3n) is 5.18. The van der Waals surface area contributed by atoms with Crippen LogP contribution in [0.3, 0.4) is 0 Å². The molecule has 9 nitrogen and oxygen atoms in total. The first-order valence-corrected chi connectivity index (χ1v) is 10.6. The first kappa shape index (κ1) is 22.6. The van der Waals surface area contributed by atoms with E-state index in [0.717, 1.165) is 0 Å². The Kier molecular flexibility index (Phi) is 6.81. The van der Waals surface area contributed by atoms with Crippen LogP contribution in [0.4, 0.5) is 5.69 Å². The number of nitrogens with one attached hydrogen (secondary N) is 1. The van der Waals surface area contributed by atoms with Crippen LogP contribution >= 0.6 is 11.6 Å². The van der Waals surface area contributed by atoms with Gasteiger partial charge >= 0.3 is 0 Å². The molecule has 2 fully saturated rings. The van der Waals surface area contributed by atoms with Gasteiger partial charge in [-0.05, 0) is 24.3 Å². The molecule has 0 spiro atoms. The average Bonchev–Trinajstić information content (AvgIpc) is 3.12. The topological polar surface area (TPSA) is 97.4 Å². The summed E-state index contributed by atoms with van der Waals surface area (Å²) < 4.78 is 16.4. The minimum Gasteiger partial charge on any atom is -0.493 e. The third-order valence-corrected chi connectivity index (χ3v) is 5.40. The van der Waals surface area contributed by atoms with Crippen LogP contribution in [-0.4, -0.2) is 62.6 Å². The zero-order valence-corrected chi connectivity index (χ0v) is 18.6. The molecule has 10 heteroatoms. The molecule has 2 aliphatic rings. The first-order valence-electron chi connectivity index (χ1n) is 10.3. The summed E-state index contributed by atoms with van der Waals surface area (Å²) in [6.45, 7) is 1.68. The number of carbonyl (C=O) groups excluding carboxylic acids is 3. The number of benzene rings is 2. The van der Waals surface area contributed by atoms with Crippen molar-refractivity contribution in [2.45, 2.75) is 0 Å². The molecule has 0 unspecified atom stereocenters. The van der Waals surface area contributed by atoms with E-state index in [-0.39, 0.29) is 29.6 Å². The van der Waals surface area contributed by atoms with Crippen molar-refractivity contribution in [3.63, 3.8) is 0 Å². The van der Waals surface area contributed by atoms with Gasteiger partial charge < -0.3 is 19.1 Å². The van der Waals surface area contributed by atoms with Crippen LogP contribution < -0.4 is 19.9 Å². The summed E-state index contributed by atoms with van der Waals surface area (Å²) in [5.41, 5.74) is 3.30. The summed E-state index contributed by atoms with van der Waals surface area (Å²) in [5.74, 6) is -0.831. The van der Waals surface area contributed by atoms with Crippen molar-refractivity contribution >= 4 is 41.1 Å². The van der Waals surface area contributed by atoms with Gasteiger partial charge in [0.05, 0.1) is 26.0 Å². The predicted octanol–water partition coefficient (Wildman–Crippen LogP) is 2.05. The van der Waals surface area contributed by atoms with E-state index in [4.69, 9.17) is 25.8 Å². The highest BCUT2D eigenvalue weighted by Crippen LogP contribution is 2.37. The number of halogens is 1. The van der Waals surface area contributed by atoms with Crippen molar-refractivity contribution in [2.24, 2.45) is 0 Å². The van der Waals surface area contributed by atoms with Crippen molar-refractivity contribution in [1.82, 2.24) is 10.3 Å². The Balaban J connectivity index is 1.62. The van der Waals surface area contributed by atoms with Gasteiger partial charge in [0.15, 0.2) is 18.1 Å². The number of rotatable bonds is 6. The van der Waals surface area contributed by atoms with E-state index in [0.29, 0.717) is 42.6 Å². The molecule has 1 N–H and O–H groups in total. The van der Waals surface area contributed by atoms with Crippen molar-refractivity contribution < 1.29 is 28.6 Å². The summed E-state index contributed by atoms with van der Waals surface area (Å²) in [6.07, 6.45) is 1.38. The second-order valence-electron chi connectivity index (χ2n) is 7.28. The normalized spacial score (nSPS) is 17.3. The van der Waals surface area contributed by atoms with Gasteiger partial charge in [-0.3, -0.25) is 19.8 Å². The van der Waals surface area contributed by atoms with E-state index in [1.54, 1.807) is 29.2 Å². The fourth-order valence-corrected chi connectivity index (χ4v) is 3.73. The summed E-state index contributed by atoms with van der Waals surface area (Å²) in [4.78, 5) is 39.7. The Labute approximate surface area is 195 Å². The van der Waals surface area contributed by atoms with E-state index < -0.39 is 11.8 Å². The molecule has 0 aliphatic carbocycles. The van der Waals surface area contributed by atoms with Gasteiger partial charge in [0, 0.05) is 29.7 Å². The molecule has 0 saturated carbocycles. The van der Waals surface area contributed by atoms with Gasteiger partial charge in [0.2, 0.25) is 0 Å². The maximum atomic E-state index is 12.9. The molecule has 0 aromatic heterocycles. The third kappa shape index (κ3) is 4.94. The standard InChI is InChI=1S/C23H22ClN3O6/c1-31-19-13-16(24)11-15(21(19)33-14-20(28)26-7-9-32-10-8-26)12-18-22(29)25-27(23(18)30)17-5-3-2-4-6-17/h2-6,11-13H,7-10,14H2,1H3,(H,25,29). The molecule has 2 aromatic rings. The number of amides is 3. The molecule has 0 atom stereocenters. The van der Waals surface area contributed by atoms with Crippen LogP contribution in [-0.2, 0) is 19.1 Å². The minimum atomic E-state index is -0.571. The second-order valence-corrected chi connectivity index (χ2v) is 7.72. The molecule has 2 aliphatic heterocycles. The van der Waals surface area contributed by atoms with Crippen molar-refractivity contribution in [1.29, 1.82) is 0 Å². The number of hydrogen-bond donors (Lipinski definition) is 1. The second kappa shape index (κ2) is 9.93. The fourth-order valence-electron chi connectivity index (χ4n) is 3.51. The lowest BCUT2D eigenvalue weighted by atomic mass is 10.1. The van der Waals surface area contributed by atoms with Gasteiger partial charge in [-0.15, -0.1) is 0 Å². The van der Waals surface area contributed by atoms with Crippen molar-refractivity contribution in [3.05, 3.63) is 58.6 Å². The SMILES string of the molecule is COc1cc(Cl)cc(C=C2C(=O)NN(c3ccccc3)C2=O)c1OCC(=O)N1CCOCC1. The number of morpholine rings is 1. The molecule has 2 heterocycles. The predicted molar refractivity (Wildman–Crippen MR) is 121 cm³/mol. The molecule has 2 saturated heterocycles. The van der Waals surface area contributed by atoms with Crippen LogP contribution in [0.1, 0.15) is 5.56 Å². The lowest BCUT2D eigenvalue weighted by Gasteiger charge is -2.27. The Hall–Kier alpha value is -3.56. The molecular weight excluding hydrogens is 450 g/mol. The largest absolute Gasteiger partial charge is 0.493 e. The summed E-state index contributed by atoms with van der Waals surface area (Å²) in [5, 5.41) is 1.48. The van der Waals surface area contributed by atoms with Gasteiger partial charge in [-0.25, -0.2) is 5.01 Å². The zero-order valence-electron chi connectivity index (χ0n) is 17.9.